The van der Waals surface area contributed by atoms with E-state index in [0.29, 0.717) is 5.69 Å². The lowest BCUT2D eigenvalue weighted by molar-refractivity contribution is -0.385. The van der Waals surface area contributed by atoms with Crippen molar-refractivity contribution in [1.82, 2.24) is 0 Å². The van der Waals surface area contributed by atoms with Crippen LogP contribution in [0.15, 0.2) is 60.7 Å². The van der Waals surface area contributed by atoms with Crippen LogP contribution in [-0.4, -0.2) is 30.5 Å². The Balaban J connectivity index is 1.73. The molecule has 0 aliphatic carbocycles. The summed E-state index contributed by atoms with van der Waals surface area (Å²) < 4.78 is 9.85. The molecule has 0 bridgehead atoms. The van der Waals surface area contributed by atoms with E-state index in [9.17, 15) is 19.7 Å². The normalized spacial score (nSPS) is 10.3. The Bertz CT molecular complexity index is 1060. The highest BCUT2D eigenvalue weighted by atomic mass is 16.6. The maximum absolute atomic E-state index is 12.3. The molecule has 142 valence electrons. The van der Waals surface area contributed by atoms with Gasteiger partial charge in [-0.05, 0) is 23.6 Å². The van der Waals surface area contributed by atoms with E-state index < -0.39 is 29.1 Å². The first-order valence-electron chi connectivity index (χ1n) is 8.27. The number of nitrogens with one attached hydrogen (secondary N) is 1. The molecule has 0 saturated heterocycles. The van der Waals surface area contributed by atoms with Crippen molar-refractivity contribution in [3.05, 3.63) is 76.3 Å². The molecule has 1 amide bonds. The highest BCUT2D eigenvalue weighted by Gasteiger charge is 2.20. The smallest absolute Gasteiger partial charge is 0.338 e. The lowest BCUT2D eigenvalue weighted by atomic mass is 10.1. The monoisotopic (exact) mass is 380 g/mol. The summed E-state index contributed by atoms with van der Waals surface area (Å²) in [6.07, 6.45) is 0. The summed E-state index contributed by atoms with van der Waals surface area (Å²) in [6, 6.07) is 16.7. The van der Waals surface area contributed by atoms with Gasteiger partial charge in [0.05, 0.1) is 17.6 Å². The van der Waals surface area contributed by atoms with Crippen LogP contribution in [0.5, 0.6) is 5.75 Å². The molecule has 0 aliphatic rings. The number of hydrogen-bond donors (Lipinski definition) is 1. The number of carbonyl (C=O) groups excluding carboxylic acids is 2. The predicted molar refractivity (Wildman–Crippen MR) is 103 cm³/mol. The van der Waals surface area contributed by atoms with Crippen LogP contribution in [0.4, 0.5) is 11.4 Å². The van der Waals surface area contributed by atoms with Crippen LogP contribution in [-0.2, 0) is 9.53 Å². The molecule has 3 rings (SSSR count). The van der Waals surface area contributed by atoms with Crippen molar-refractivity contribution < 1.29 is 24.0 Å². The fourth-order valence-corrected chi connectivity index (χ4v) is 2.69. The molecule has 1 N–H and O–H groups in total. The SMILES string of the molecule is COC(=O)c1ccc(OCC(=O)Nc2cccc3ccccc23)c([N+](=O)[O-])c1. The molecule has 3 aromatic carbocycles. The quantitative estimate of drug-likeness (QED) is 0.398. The zero-order chi connectivity index (χ0) is 20.1. The Morgan fingerprint density at radius 2 is 1.82 bits per heavy atom. The van der Waals surface area contributed by atoms with E-state index >= 15 is 0 Å². The first-order valence-corrected chi connectivity index (χ1v) is 8.27. The molecule has 0 spiro atoms. The topological polar surface area (TPSA) is 108 Å². The molecule has 0 aromatic heterocycles. The Morgan fingerprint density at radius 1 is 1.07 bits per heavy atom. The minimum absolute atomic E-state index is 0.0155. The van der Waals surface area contributed by atoms with Gasteiger partial charge in [-0.2, -0.15) is 0 Å². The molecular weight excluding hydrogens is 364 g/mol. The fourth-order valence-electron chi connectivity index (χ4n) is 2.69. The summed E-state index contributed by atoms with van der Waals surface area (Å²) in [5.74, 6) is -1.29. The van der Waals surface area contributed by atoms with Crippen molar-refractivity contribution >= 4 is 34.0 Å². The molecule has 0 aliphatic heterocycles. The molecule has 0 saturated carbocycles. The first kappa shape index (κ1) is 18.8. The van der Waals surface area contributed by atoms with Crippen molar-refractivity contribution in [2.45, 2.75) is 0 Å². The number of nitro groups is 1. The second kappa shape index (κ2) is 8.17. The van der Waals surface area contributed by atoms with Gasteiger partial charge in [0.25, 0.3) is 5.91 Å². The molecule has 8 nitrogen and oxygen atoms in total. The van der Waals surface area contributed by atoms with Crippen molar-refractivity contribution in [2.24, 2.45) is 0 Å². The van der Waals surface area contributed by atoms with Crippen molar-refractivity contribution in [3.8, 4) is 5.75 Å². The molecule has 8 heteroatoms. The standard InChI is InChI=1S/C20H16N2O6/c1-27-20(24)14-9-10-18(17(11-14)22(25)26)28-12-19(23)21-16-8-4-6-13-5-2-3-7-15(13)16/h2-11H,12H2,1H3,(H,21,23). The lowest BCUT2D eigenvalue weighted by Gasteiger charge is -2.10. The number of ether oxygens (including phenoxy) is 2. The van der Waals surface area contributed by atoms with Crippen LogP contribution >= 0.6 is 0 Å². The maximum atomic E-state index is 12.3. The minimum Gasteiger partial charge on any atom is -0.477 e. The third-order valence-corrected chi connectivity index (χ3v) is 4.00. The molecule has 0 fully saturated rings. The van der Waals surface area contributed by atoms with Crippen LogP contribution in [0.1, 0.15) is 10.4 Å². The Morgan fingerprint density at radius 3 is 2.57 bits per heavy atom. The summed E-state index contributed by atoms with van der Waals surface area (Å²) >= 11 is 0. The Labute approximate surface area is 159 Å². The number of nitro benzene ring substituents is 1. The van der Waals surface area contributed by atoms with E-state index in [2.05, 4.69) is 10.1 Å². The van der Waals surface area contributed by atoms with Gasteiger partial charge in [0.1, 0.15) is 0 Å². The number of fused-ring (bicyclic) bond motifs is 1. The average molecular weight is 380 g/mol. The van der Waals surface area contributed by atoms with Gasteiger partial charge in [0, 0.05) is 17.1 Å². The van der Waals surface area contributed by atoms with Gasteiger partial charge in [-0.3, -0.25) is 14.9 Å². The van der Waals surface area contributed by atoms with Gasteiger partial charge < -0.3 is 14.8 Å². The van der Waals surface area contributed by atoms with Crippen LogP contribution in [0.3, 0.4) is 0 Å². The van der Waals surface area contributed by atoms with Crippen molar-refractivity contribution in [3.63, 3.8) is 0 Å². The third-order valence-electron chi connectivity index (χ3n) is 4.00. The Kier molecular flexibility index (Phi) is 5.50. The summed E-state index contributed by atoms with van der Waals surface area (Å²) in [5, 5.41) is 15.8. The number of esters is 1. The van der Waals surface area contributed by atoms with Gasteiger partial charge >= 0.3 is 11.7 Å². The maximum Gasteiger partial charge on any atom is 0.338 e. The number of amides is 1. The molecule has 28 heavy (non-hydrogen) atoms. The average Bonchev–Trinajstić information content (AvgIpc) is 2.71. The molecule has 3 aromatic rings. The second-order valence-electron chi connectivity index (χ2n) is 5.79. The lowest BCUT2D eigenvalue weighted by Crippen LogP contribution is -2.20. The summed E-state index contributed by atoms with van der Waals surface area (Å²) in [4.78, 5) is 34.3. The zero-order valence-electron chi connectivity index (χ0n) is 14.9. The van der Waals surface area contributed by atoms with Gasteiger partial charge in [0.15, 0.2) is 12.4 Å². The molecule has 0 radical (unpaired) electrons. The first-order chi connectivity index (χ1) is 13.5. The zero-order valence-corrected chi connectivity index (χ0v) is 14.9. The van der Waals surface area contributed by atoms with Crippen molar-refractivity contribution in [1.29, 1.82) is 0 Å². The summed E-state index contributed by atoms with van der Waals surface area (Å²) in [5.41, 5.74) is 0.199. The Hall–Kier alpha value is -3.94. The second-order valence-corrected chi connectivity index (χ2v) is 5.79. The molecule has 0 unspecified atom stereocenters. The van der Waals surface area contributed by atoms with Crippen LogP contribution in [0, 0.1) is 10.1 Å². The number of rotatable bonds is 6. The van der Waals surface area contributed by atoms with Crippen molar-refractivity contribution in [2.75, 3.05) is 19.0 Å². The van der Waals surface area contributed by atoms with Crippen LogP contribution in [0.2, 0.25) is 0 Å². The number of hydrogen-bond acceptors (Lipinski definition) is 6. The molecule has 0 atom stereocenters. The predicted octanol–water partition coefficient (Wildman–Crippen LogP) is 3.55. The fraction of sp³-hybridized carbons (Fsp3) is 0.100. The van der Waals surface area contributed by atoms with E-state index in [0.717, 1.165) is 16.8 Å². The molecular formula is C20H16N2O6. The van der Waals surface area contributed by atoms with Crippen LogP contribution < -0.4 is 10.1 Å². The molecule has 0 heterocycles. The number of methoxy groups -OCH3 is 1. The van der Waals surface area contributed by atoms with Crippen LogP contribution in [0.25, 0.3) is 10.8 Å². The highest BCUT2D eigenvalue weighted by Crippen LogP contribution is 2.28. The summed E-state index contributed by atoms with van der Waals surface area (Å²) in [7, 11) is 1.18. The van der Waals surface area contributed by atoms with E-state index in [4.69, 9.17) is 4.74 Å². The largest absolute Gasteiger partial charge is 0.477 e. The number of nitrogens with zero attached hydrogens (tertiary/aromatic N) is 1. The highest BCUT2D eigenvalue weighted by molar-refractivity contribution is 6.02. The van der Waals surface area contributed by atoms with Gasteiger partial charge in [-0.1, -0.05) is 36.4 Å². The minimum atomic E-state index is -0.705. The van der Waals surface area contributed by atoms with E-state index in [1.807, 2.05) is 36.4 Å². The van der Waals surface area contributed by atoms with E-state index in [1.54, 1.807) is 6.07 Å². The van der Waals surface area contributed by atoms with Gasteiger partial charge in [-0.25, -0.2) is 4.79 Å². The number of benzene rings is 3. The summed E-state index contributed by atoms with van der Waals surface area (Å²) in [6.45, 7) is -0.429. The third kappa shape index (κ3) is 4.07. The van der Waals surface area contributed by atoms with Gasteiger partial charge in [-0.15, -0.1) is 0 Å². The van der Waals surface area contributed by atoms with E-state index in [1.165, 1.54) is 19.2 Å². The number of carbonyl (C=O) groups is 2. The van der Waals surface area contributed by atoms with Gasteiger partial charge in [0.2, 0.25) is 0 Å². The van der Waals surface area contributed by atoms with E-state index in [-0.39, 0.29) is 11.3 Å². The number of anilines is 1.